The van der Waals surface area contributed by atoms with Crippen molar-refractivity contribution in [2.75, 3.05) is 42.5 Å². The third-order valence-corrected chi connectivity index (χ3v) is 7.47. The number of benzene rings is 3. The maximum absolute atomic E-state index is 6.19. The Bertz CT molecular complexity index is 1040. The van der Waals surface area contributed by atoms with Gasteiger partial charge in [-0.1, -0.05) is 42.5 Å². The molecular weight excluding hydrogens is 489 g/mol. The van der Waals surface area contributed by atoms with Crippen LogP contribution in [0.4, 0.5) is 17.1 Å². The standard InChI is InChI=1S/C30H37N3O.2ClH/c1-3-31(4-2)26-17-15-24(16-18-26)19-21-32-20-9-11-27(32)22-33-28-12-6-5-10-25(28)23-34-30-14-8-7-13-29(30)33;;/h5-8,10,12-18,27H,3-4,9,11,19-23H2,1-2H3;2*1H/t27-;;/m1../s1. The van der Waals surface area contributed by atoms with E-state index in [0.29, 0.717) is 12.6 Å². The van der Waals surface area contributed by atoms with Gasteiger partial charge in [-0.2, -0.15) is 0 Å². The Morgan fingerprint density at radius 1 is 0.861 bits per heavy atom. The molecule has 0 aromatic heterocycles. The largest absolute Gasteiger partial charge is 0.487 e. The molecule has 36 heavy (non-hydrogen) atoms. The van der Waals surface area contributed by atoms with Crippen molar-refractivity contribution in [2.24, 2.45) is 0 Å². The molecule has 0 radical (unpaired) electrons. The van der Waals surface area contributed by atoms with Crippen molar-refractivity contribution in [3.63, 3.8) is 0 Å². The minimum atomic E-state index is 0. The van der Waals surface area contributed by atoms with Gasteiger partial charge >= 0.3 is 0 Å². The van der Waals surface area contributed by atoms with Crippen molar-refractivity contribution in [1.82, 2.24) is 4.90 Å². The van der Waals surface area contributed by atoms with E-state index in [0.717, 1.165) is 38.3 Å². The van der Waals surface area contributed by atoms with Crippen LogP contribution in [0.1, 0.15) is 37.8 Å². The summed E-state index contributed by atoms with van der Waals surface area (Å²) in [4.78, 5) is 7.61. The first-order valence-electron chi connectivity index (χ1n) is 12.9. The Balaban J connectivity index is 0.00000180. The summed E-state index contributed by atoms with van der Waals surface area (Å²) in [5, 5.41) is 0. The number of anilines is 3. The molecule has 2 aliphatic rings. The third-order valence-electron chi connectivity index (χ3n) is 7.47. The van der Waals surface area contributed by atoms with Gasteiger partial charge in [-0.15, -0.1) is 24.8 Å². The Labute approximate surface area is 229 Å². The number of ether oxygens (including phenoxy) is 1. The molecular formula is C30H39Cl2N3O. The van der Waals surface area contributed by atoms with Crippen molar-refractivity contribution in [2.45, 2.75) is 45.8 Å². The summed E-state index contributed by atoms with van der Waals surface area (Å²) in [6.45, 7) is 10.5. The van der Waals surface area contributed by atoms with Crippen LogP contribution in [-0.2, 0) is 13.0 Å². The van der Waals surface area contributed by atoms with Crippen molar-refractivity contribution in [3.05, 3.63) is 83.9 Å². The lowest BCUT2D eigenvalue weighted by Gasteiger charge is -2.32. The summed E-state index contributed by atoms with van der Waals surface area (Å²) in [5.74, 6) is 0.983. The number of likely N-dealkylation sites (tertiary alicyclic amines) is 1. The lowest BCUT2D eigenvalue weighted by Crippen LogP contribution is -2.39. The molecule has 0 saturated carbocycles. The minimum absolute atomic E-state index is 0. The zero-order chi connectivity index (χ0) is 23.3. The second-order valence-corrected chi connectivity index (χ2v) is 9.42. The summed E-state index contributed by atoms with van der Waals surface area (Å²) < 4.78 is 6.19. The van der Waals surface area contributed by atoms with Gasteiger partial charge in [-0.05, 0) is 75.5 Å². The van der Waals surface area contributed by atoms with E-state index < -0.39 is 0 Å². The predicted molar refractivity (Wildman–Crippen MR) is 157 cm³/mol. The summed E-state index contributed by atoms with van der Waals surface area (Å²) >= 11 is 0. The highest BCUT2D eigenvalue weighted by molar-refractivity contribution is 5.85. The predicted octanol–water partition coefficient (Wildman–Crippen LogP) is 7.11. The van der Waals surface area contributed by atoms with Crippen LogP contribution in [0.2, 0.25) is 0 Å². The highest BCUT2D eigenvalue weighted by Crippen LogP contribution is 2.40. The number of nitrogens with zero attached hydrogens (tertiary/aromatic N) is 3. The Hall–Kier alpha value is -2.40. The van der Waals surface area contributed by atoms with E-state index in [-0.39, 0.29) is 24.8 Å². The van der Waals surface area contributed by atoms with Crippen molar-refractivity contribution >= 4 is 41.9 Å². The second-order valence-electron chi connectivity index (χ2n) is 9.42. The van der Waals surface area contributed by atoms with Crippen LogP contribution < -0.4 is 14.5 Å². The zero-order valence-electron chi connectivity index (χ0n) is 21.4. The molecule has 3 aromatic carbocycles. The van der Waals surface area contributed by atoms with Crippen LogP contribution in [0.3, 0.4) is 0 Å². The zero-order valence-corrected chi connectivity index (χ0v) is 23.1. The van der Waals surface area contributed by atoms with Gasteiger partial charge in [-0.25, -0.2) is 0 Å². The molecule has 2 heterocycles. The molecule has 3 aromatic rings. The van der Waals surface area contributed by atoms with Gasteiger partial charge in [0.2, 0.25) is 0 Å². The molecule has 0 bridgehead atoms. The second kappa shape index (κ2) is 13.2. The van der Waals surface area contributed by atoms with E-state index in [1.54, 1.807) is 0 Å². The van der Waals surface area contributed by atoms with Gasteiger partial charge < -0.3 is 14.5 Å². The van der Waals surface area contributed by atoms with Crippen LogP contribution in [-0.4, -0.2) is 43.7 Å². The fourth-order valence-corrected chi connectivity index (χ4v) is 5.52. The van der Waals surface area contributed by atoms with Gasteiger partial charge in [0.15, 0.2) is 0 Å². The number of hydrogen-bond donors (Lipinski definition) is 0. The average molecular weight is 529 g/mol. The number of fused-ring (bicyclic) bond motifs is 2. The monoisotopic (exact) mass is 527 g/mol. The molecule has 0 N–H and O–H groups in total. The first kappa shape index (κ1) is 28.2. The van der Waals surface area contributed by atoms with E-state index in [4.69, 9.17) is 4.74 Å². The Kier molecular flexibility index (Phi) is 10.4. The molecule has 4 nitrogen and oxygen atoms in total. The van der Waals surface area contributed by atoms with E-state index in [1.807, 2.05) is 0 Å². The van der Waals surface area contributed by atoms with E-state index >= 15 is 0 Å². The van der Waals surface area contributed by atoms with Gasteiger partial charge in [0.25, 0.3) is 0 Å². The molecule has 5 rings (SSSR count). The first-order valence-corrected chi connectivity index (χ1v) is 12.9. The minimum Gasteiger partial charge on any atom is -0.487 e. The Morgan fingerprint density at radius 2 is 1.56 bits per heavy atom. The highest BCUT2D eigenvalue weighted by atomic mass is 35.5. The summed E-state index contributed by atoms with van der Waals surface area (Å²) in [6.07, 6.45) is 3.63. The quantitative estimate of drug-likeness (QED) is 0.310. The first-order chi connectivity index (χ1) is 16.8. The third kappa shape index (κ3) is 6.11. The number of para-hydroxylation sites is 3. The summed E-state index contributed by atoms with van der Waals surface area (Å²) in [6, 6.07) is 27.0. The molecule has 1 atom stereocenters. The molecule has 0 aliphatic carbocycles. The van der Waals surface area contributed by atoms with Gasteiger partial charge in [-0.3, -0.25) is 4.90 Å². The lowest BCUT2D eigenvalue weighted by atomic mass is 10.1. The van der Waals surface area contributed by atoms with Crippen molar-refractivity contribution in [3.8, 4) is 5.75 Å². The summed E-state index contributed by atoms with van der Waals surface area (Å²) in [7, 11) is 0. The fraction of sp³-hybridized carbons (Fsp3) is 0.400. The molecule has 0 amide bonds. The Morgan fingerprint density at radius 3 is 2.31 bits per heavy atom. The molecule has 0 spiro atoms. The lowest BCUT2D eigenvalue weighted by molar-refractivity contribution is 0.261. The fourth-order valence-electron chi connectivity index (χ4n) is 5.52. The topological polar surface area (TPSA) is 19.0 Å². The van der Waals surface area contributed by atoms with E-state index in [1.165, 1.54) is 47.6 Å². The van der Waals surface area contributed by atoms with Gasteiger partial charge in [0.05, 0.1) is 5.69 Å². The van der Waals surface area contributed by atoms with Crippen molar-refractivity contribution < 1.29 is 4.74 Å². The molecule has 0 unspecified atom stereocenters. The molecule has 194 valence electrons. The maximum atomic E-state index is 6.19. The van der Waals surface area contributed by atoms with Crippen molar-refractivity contribution in [1.29, 1.82) is 0 Å². The van der Waals surface area contributed by atoms with Gasteiger partial charge in [0, 0.05) is 49.2 Å². The number of hydrogen-bond acceptors (Lipinski definition) is 4. The van der Waals surface area contributed by atoms with Crippen LogP contribution in [0, 0.1) is 0 Å². The number of halogens is 2. The number of rotatable bonds is 8. The maximum Gasteiger partial charge on any atom is 0.143 e. The highest BCUT2D eigenvalue weighted by Gasteiger charge is 2.29. The normalized spacial score (nSPS) is 16.6. The van der Waals surface area contributed by atoms with E-state index in [2.05, 4.69) is 101 Å². The summed E-state index contributed by atoms with van der Waals surface area (Å²) in [5.41, 5.74) is 6.49. The van der Waals surface area contributed by atoms with Crippen LogP contribution in [0.5, 0.6) is 5.75 Å². The molecule has 1 saturated heterocycles. The van der Waals surface area contributed by atoms with Crippen LogP contribution >= 0.6 is 24.8 Å². The van der Waals surface area contributed by atoms with E-state index in [9.17, 15) is 0 Å². The molecule has 6 heteroatoms. The smallest absolute Gasteiger partial charge is 0.143 e. The average Bonchev–Trinajstić information content (AvgIpc) is 3.27. The van der Waals surface area contributed by atoms with Crippen LogP contribution in [0.25, 0.3) is 0 Å². The molecule has 1 fully saturated rings. The van der Waals surface area contributed by atoms with Gasteiger partial charge in [0.1, 0.15) is 12.4 Å². The van der Waals surface area contributed by atoms with Crippen LogP contribution in [0.15, 0.2) is 72.8 Å². The SMILES string of the molecule is CCN(CC)c1ccc(CCN2CCC[C@@H]2CN2c3ccccc3COc3ccccc32)cc1.Cl.Cl. The molecule has 2 aliphatic heterocycles.